The summed E-state index contributed by atoms with van der Waals surface area (Å²) in [5.41, 5.74) is 2.38. The average Bonchev–Trinajstić information content (AvgIpc) is 2.82. The molecule has 0 aliphatic carbocycles. The van der Waals surface area contributed by atoms with Crippen molar-refractivity contribution in [1.29, 1.82) is 0 Å². The van der Waals surface area contributed by atoms with Crippen molar-refractivity contribution in [2.75, 3.05) is 31.6 Å². The first-order valence-electron chi connectivity index (χ1n) is 6.97. The number of aliphatic hydroxyl groups is 1. The molecule has 0 fully saturated rings. The van der Waals surface area contributed by atoms with Crippen LogP contribution >= 0.6 is 0 Å². The minimum absolute atomic E-state index is 0.0330. The van der Waals surface area contributed by atoms with Crippen LogP contribution in [0, 0.1) is 0 Å². The van der Waals surface area contributed by atoms with Gasteiger partial charge in [0.2, 0.25) is 5.91 Å². The van der Waals surface area contributed by atoms with Gasteiger partial charge < -0.3 is 15.3 Å². The topological polar surface area (TPSA) is 52.6 Å². The van der Waals surface area contributed by atoms with Crippen LogP contribution in [0.25, 0.3) is 0 Å². The molecule has 1 aromatic carbocycles. The largest absolute Gasteiger partial charge is 0.395 e. The molecule has 4 heteroatoms. The summed E-state index contributed by atoms with van der Waals surface area (Å²) in [5, 5.41) is 12.4. The average molecular weight is 262 g/mol. The van der Waals surface area contributed by atoms with Crippen molar-refractivity contribution in [3.05, 3.63) is 29.8 Å². The molecule has 1 aliphatic heterocycles. The fourth-order valence-electron chi connectivity index (χ4n) is 2.63. The van der Waals surface area contributed by atoms with Gasteiger partial charge in [-0.05, 0) is 18.1 Å². The number of nitrogens with one attached hydrogen (secondary N) is 1. The maximum absolute atomic E-state index is 12.3. The third-order valence-electron chi connectivity index (χ3n) is 3.58. The highest BCUT2D eigenvalue weighted by Gasteiger charge is 2.25. The first-order valence-corrected chi connectivity index (χ1v) is 6.97. The lowest BCUT2D eigenvalue weighted by Crippen LogP contribution is -2.35. The van der Waals surface area contributed by atoms with Gasteiger partial charge in [-0.2, -0.15) is 0 Å². The standard InChI is InChI=1S/C15H22N2O2/c1-2-7-17(8-9-18)15(19)10-12-11-16-14-6-4-3-5-13(12)14/h3-6,12,16,18H,2,7-11H2,1H3. The van der Waals surface area contributed by atoms with Gasteiger partial charge >= 0.3 is 0 Å². The number of carbonyl (C=O) groups excluding carboxylic acids is 1. The van der Waals surface area contributed by atoms with Gasteiger partial charge in [-0.25, -0.2) is 0 Å². The van der Waals surface area contributed by atoms with Gasteiger partial charge in [-0.1, -0.05) is 25.1 Å². The number of hydrogen-bond acceptors (Lipinski definition) is 3. The van der Waals surface area contributed by atoms with Crippen LogP contribution in [-0.2, 0) is 4.79 Å². The fraction of sp³-hybridized carbons (Fsp3) is 0.533. The maximum atomic E-state index is 12.3. The minimum atomic E-state index is 0.0330. The Morgan fingerprint density at radius 3 is 2.95 bits per heavy atom. The lowest BCUT2D eigenvalue weighted by molar-refractivity contribution is -0.132. The van der Waals surface area contributed by atoms with Crippen molar-refractivity contribution in [2.45, 2.75) is 25.7 Å². The van der Waals surface area contributed by atoms with E-state index in [2.05, 4.69) is 17.4 Å². The number of benzene rings is 1. The summed E-state index contributed by atoms with van der Waals surface area (Å²) in [6, 6.07) is 8.16. The number of rotatable bonds is 6. The van der Waals surface area contributed by atoms with Crippen molar-refractivity contribution in [3.63, 3.8) is 0 Å². The van der Waals surface area contributed by atoms with E-state index in [4.69, 9.17) is 5.11 Å². The predicted octanol–water partition coefficient (Wildman–Crippen LogP) is 1.82. The summed E-state index contributed by atoms with van der Waals surface area (Å²) in [5.74, 6) is 0.390. The van der Waals surface area contributed by atoms with E-state index in [9.17, 15) is 4.79 Å². The van der Waals surface area contributed by atoms with E-state index in [1.807, 2.05) is 19.1 Å². The summed E-state index contributed by atoms with van der Waals surface area (Å²) in [4.78, 5) is 14.0. The second-order valence-corrected chi connectivity index (χ2v) is 4.97. The van der Waals surface area contributed by atoms with Crippen LogP contribution in [0.1, 0.15) is 31.2 Å². The van der Waals surface area contributed by atoms with E-state index >= 15 is 0 Å². The van der Waals surface area contributed by atoms with E-state index in [0.29, 0.717) is 13.0 Å². The molecule has 19 heavy (non-hydrogen) atoms. The molecule has 1 amide bonds. The van der Waals surface area contributed by atoms with Crippen LogP contribution in [-0.4, -0.2) is 42.2 Å². The molecule has 1 unspecified atom stereocenters. The minimum Gasteiger partial charge on any atom is -0.395 e. The Bertz CT molecular complexity index is 428. The van der Waals surface area contributed by atoms with Gasteiger partial charge in [-0.3, -0.25) is 4.79 Å². The van der Waals surface area contributed by atoms with Crippen LogP contribution in [0.2, 0.25) is 0 Å². The Hall–Kier alpha value is -1.55. The van der Waals surface area contributed by atoms with Gasteiger partial charge in [0.25, 0.3) is 0 Å². The quantitative estimate of drug-likeness (QED) is 0.822. The highest BCUT2D eigenvalue weighted by Crippen LogP contribution is 2.33. The molecule has 2 rings (SSSR count). The summed E-state index contributed by atoms with van der Waals surface area (Å²) in [6.45, 7) is 4.06. The Balaban J connectivity index is 1.99. The zero-order valence-corrected chi connectivity index (χ0v) is 11.4. The molecule has 0 bridgehead atoms. The van der Waals surface area contributed by atoms with E-state index in [0.717, 1.165) is 25.2 Å². The summed E-state index contributed by atoms with van der Waals surface area (Å²) in [6.07, 6.45) is 1.44. The fourth-order valence-corrected chi connectivity index (χ4v) is 2.63. The lowest BCUT2D eigenvalue weighted by atomic mass is 9.97. The Morgan fingerprint density at radius 1 is 1.42 bits per heavy atom. The Kier molecular flexibility index (Phi) is 4.80. The molecule has 104 valence electrons. The number of hydrogen-bond donors (Lipinski definition) is 2. The molecule has 1 aromatic rings. The first kappa shape index (κ1) is 13.9. The molecule has 1 heterocycles. The third-order valence-corrected chi connectivity index (χ3v) is 3.58. The summed E-state index contributed by atoms with van der Waals surface area (Å²) in [7, 11) is 0. The highest BCUT2D eigenvalue weighted by molar-refractivity contribution is 5.78. The molecule has 0 aromatic heterocycles. The summed E-state index contributed by atoms with van der Waals surface area (Å²) >= 11 is 0. The zero-order valence-electron chi connectivity index (χ0n) is 11.4. The first-order chi connectivity index (χ1) is 9.26. The molecule has 4 nitrogen and oxygen atoms in total. The Morgan fingerprint density at radius 2 is 2.21 bits per heavy atom. The monoisotopic (exact) mass is 262 g/mol. The predicted molar refractivity (Wildman–Crippen MR) is 76.2 cm³/mol. The number of nitrogens with zero attached hydrogens (tertiary/aromatic N) is 1. The van der Waals surface area contributed by atoms with Crippen LogP contribution in [0.15, 0.2) is 24.3 Å². The molecule has 1 atom stereocenters. The van der Waals surface area contributed by atoms with Crippen molar-refractivity contribution in [2.24, 2.45) is 0 Å². The SMILES string of the molecule is CCCN(CCO)C(=O)CC1CNc2ccccc21. The second-order valence-electron chi connectivity index (χ2n) is 4.97. The Labute approximate surface area is 114 Å². The van der Waals surface area contributed by atoms with Gasteiger partial charge in [0.15, 0.2) is 0 Å². The molecule has 0 saturated heterocycles. The van der Waals surface area contributed by atoms with Gasteiger partial charge in [0.05, 0.1) is 6.61 Å². The van der Waals surface area contributed by atoms with Gasteiger partial charge in [0, 0.05) is 37.7 Å². The lowest BCUT2D eigenvalue weighted by Gasteiger charge is -2.22. The number of para-hydroxylation sites is 1. The van der Waals surface area contributed by atoms with E-state index in [1.165, 1.54) is 5.56 Å². The summed E-state index contributed by atoms with van der Waals surface area (Å²) < 4.78 is 0. The van der Waals surface area contributed by atoms with Gasteiger partial charge in [-0.15, -0.1) is 0 Å². The number of fused-ring (bicyclic) bond motifs is 1. The molecule has 1 aliphatic rings. The van der Waals surface area contributed by atoms with Crippen molar-refractivity contribution < 1.29 is 9.90 Å². The van der Waals surface area contributed by atoms with Crippen LogP contribution in [0.3, 0.4) is 0 Å². The van der Waals surface area contributed by atoms with Crippen LogP contribution in [0.4, 0.5) is 5.69 Å². The number of amides is 1. The van der Waals surface area contributed by atoms with Crippen molar-refractivity contribution >= 4 is 11.6 Å². The van der Waals surface area contributed by atoms with Gasteiger partial charge in [0.1, 0.15) is 0 Å². The van der Waals surface area contributed by atoms with Crippen LogP contribution < -0.4 is 5.32 Å². The zero-order chi connectivity index (χ0) is 13.7. The second kappa shape index (κ2) is 6.57. The number of anilines is 1. The number of carbonyl (C=O) groups is 1. The van der Waals surface area contributed by atoms with E-state index in [1.54, 1.807) is 4.90 Å². The molecule has 0 saturated carbocycles. The molecule has 0 radical (unpaired) electrons. The van der Waals surface area contributed by atoms with Crippen molar-refractivity contribution in [3.8, 4) is 0 Å². The van der Waals surface area contributed by atoms with E-state index < -0.39 is 0 Å². The molecule has 0 spiro atoms. The molecule has 2 N–H and O–H groups in total. The normalized spacial score (nSPS) is 16.8. The smallest absolute Gasteiger partial charge is 0.223 e. The third kappa shape index (κ3) is 3.26. The number of aliphatic hydroxyl groups excluding tert-OH is 1. The van der Waals surface area contributed by atoms with Crippen LogP contribution in [0.5, 0.6) is 0 Å². The highest BCUT2D eigenvalue weighted by atomic mass is 16.3. The molecular weight excluding hydrogens is 240 g/mol. The molecular formula is C15H22N2O2. The maximum Gasteiger partial charge on any atom is 0.223 e. The van der Waals surface area contributed by atoms with Crippen molar-refractivity contribution in [1.82, 2.24) is 4.90 Å². The van der Waals surface area contributed by atoms with E-state index in [-0.39, 0.29) is 18.4 Å².